The van der Waals surface area contributed by atoms with Crippen LogP contribution in [0, 0.1) is 5.92 Å². The molecule has 0 aromatic carbocycles. The lowest BCUT2D eigenvalue weighted by Crippen LogP contribution is -1.97. The standard InChI is InChI=1S/C14H18O/c1-3-4-5-6-7-8-9-13-12(2)10-11-14(13)15/h4-5,7-12H,3,6H2,1-2H3/b5-4-,8-7?,13-9+/t12-/m0/s1. The van der Waals surface area contributed by atoms with Gasteiger partial charge in [-0.25, -0.2) is 0 Å². The van der Waals surface area contributed by atoms with Gasteiger partial charge in [0.05, 0.1) is 0 Å². The minimum atomic E-state index is 0.149. The van der Waals surface area contributed by atoms with E-state index in [9.17, 15) is 4.79 Å². The molecular weight excluding hydrogens is 184 g/mol. The third-order valence-electron chi connectivity index (χ3n) is 2.40. The Bertz CT molecular complexity index is 329. The Morgan fingerprint density at radius 1 is 1.33 bits per heavy atom. The van der Waals surface area contributed by atoms with E-state index in [-0.39, 0.29) is 11.7 Å². The van der Waals surface area contributed by atoms with Crippen molar-refractivity contribution < 1.29 is 4.79 Å². The van der Waals surface area contributed by atoms with Crippen LogP contribution in [0.5, 0.6) is 0 Å². The van der Waals surface area contributed by atoms with Crippen molar-refractivity contribution in [1.82, 2.24) is 0 Å². The molecule has 15 heavy (non-hydrogen) atoms. The summed E-state index contributed by atoms with van der Waals surface area (Å²) < 4.78 is 0. The molecule has 1 aliphatic carbocycles. The van der Waals surface area contributed by atoms with E-state index in [1.54, 1.807) is 6.08 Å². The lowest BCUT2D eigenvalue weighted by molar-refractivity contribution is -0.111. The summed E-state index contributed by atoms with van der Waals surface area (Å²) in [5.74, 6) is 0.421. The Labute approximate surface area is 91.9 Å². The van der Waals surface area contributed by atoms with Gasteiger partial charge in [0.1, 0.15) is 0 Å². The summed E-state index contributed by atoms with van der Waals surface area (Å²) in [4.78, 5) is 11.3. The van der Waals surface area contributed by atoms with E-state index in [1.165, 1.54) is 0 Å². The van der Waals surface area contributed by atoms with Gasteiger partial charge in [0, 0.05) is 11.5 Å². The molecule has 1 aliphatic rings. The normalized spacial score (nSPS) is 24.0. The van der Waals surface area contributed by atoms with Gasteiger partial charge >= 0.3 is 0 Å². The van der Waals surface area contributed by atoms with Gasteiger partial charge in [0.15, 0.2) is 5.78 Å². The van der Waals surface area contributed by atoms with Crippen LogP contribution in [0.4, 0.5) is 0 Å². The molecule has 0 radical (unpaired) electrons. The van der Waals surface area contributed by atoms with Crippen LogP contribution in [-0.2, 0) is 4.79 Å². The first-order chi connectivity index (χ1) is 7.25. The number of allylic oxidation sites excluding steroid dienone is 8. The van der Waals surface area contributed by atoms with E-state index in [0.717, 1.165) is 18.4 Å². The Balaban J connectivity index is 2.44. The molecule has 0 N–H and O–H groups in total. The number of ketones is 1. The lowest BCUT2D eigenvalue weighted by atomic mass is 10.0. The fraction of sp³-hybridized carbons (Fsp3) is 0.357. The topological polar surface area (TPSA) is 17.1 Å². The van der Waals surface area contributed by atoms with Crippen molar-refractivity contribution >= 4 is 5.78 Å². The van der Waals surface area contributed by atoms with E-state index in [2.05, 4.69) is 25.2 Å². The summed E-state index contributed by atoms with van der Waals surface area (Å²) in [5, 5.41) is 0. The second-order valence-corrected chi connectivity index (χ2v) is 3.68. The van der Waals surface area contributed by atoms with Gasteiger partial charge in [-0.15, -0.1) is 0 Å². The number of hydrogen-bond donors (Lipinski definition) is 0. The summed E-state index contributed by atoms with van der Waals surface area (Å²) in [5.41, 5.74) is 0.894. The van der Waals surface area contributed by atoms with Crippen molar-refractivity contribution in [2.75, 3.05) is 0 Å². The number of carbonyl (C=O) groups excluding carboxylic acids is 1. The van der Waals surface area contributed by atoms with E-state index in [1.807, 2.05) is 25.2 Å². The maximum absolute atomic E-state index is 11.3. The van der Waals surface area contributed by atoms with Crippen LogP contribution < -0.4 is 0 Å². The molecule has 0 aromatic heterocycles. The highest BCUT2D eigenvalue weighted by molar-refractivity contribution is 6.07. The van der Waals surface area contributed by atoms with Gasteiger partial charge in [0.2, 0.25) is 0 Å². The predicted molar refractivity (Wildman–Crippen MR) is 64.6 cm³/mol. The summed E-state index contributed by atoms with van der Waals surface area (Å²) >= 11 is 0. The van der Waals surface area contributed by atoms with Gasteiger partial charge in [-0.3, -0.25) is 4.79 Å². The molecular formula is C14H18O. The number of carbonyl (C=O) groups is 1. The third-order valence-corrected chi connectivity index (χ3v) is 2.40. The van der Waals surface area contributed by atoms with Crippen LogP contribution in [-0.4, -0.2) is 5.78 Å². The fourth-order valence-electron chi connectivity index (χ4n) is 1.48. The van der Waals surface area contributed by atoms with Crippen molar-refractivity contribution in [2.45, 2.75) is 26.7 Å². The van der Waals surface area contributed by atoms with Crippen molar-refractivity contribution in [1.29, 1.82) is 0 Å². The molecule has 0 aliphatic heterocycles. The first-order valence-electron chi connectivity index (χ1n) is 5.50. The minimum absolute atomic E-state index is 0.149. The molecule has 0 heterocycles. The van der Waals surface area contributed by atoms with Gasteiger partial charge in [-0.1, -0.05) is 50.3 Å². The average Bonchev–Trinajstić information content (AvgIpc) is 2.54. The number of rotatable bonds is 4. The fourth-order valence-corrected chi connectivity index (χ4v) is 1.48. The maximum atomic E-state index is 11.3. The highest BCUT2D eigenvalue weighted by Crippen LogP contribution is 2.20. The van der Waals surface area contributed by atoms with E-state index in [0.29, 0.717) is 0 Å². The van der Waals surface area contributed by atoms with Crippen molar-refractivity contribution in [2.24, 2.45) is 5.92 Å². The van der Waals surface area contributed by atoms with Gasteiger partial charge in [0.25, 0.3) is 0 Å². The number of hydrogen-bond acceptors (Lipinski definition) is 1. The zero-order valence-electron chi connectivity index (χ0n) is 9.44. The monoisotopic (exact) mass is 202 g/mol. The first kappa shape index (κ1) is 11.7. The van der Waals surface area contributed by atoms with Crippen LogP contribution in [0.15, 0.2) is 48.1 Å². The second-order valence-electron chi connectivity index (χ2n) is 3.68. The SMILES string of the molecule is CC/C=C\CC=C/C=C1/C(=O)C=C[C@@H]1C. The Morgan fingerprint density at radius 3 is 2.73 bits per heavy atom. The molecule has 0 amide bonds. The molecule has 0 saturated heterocycles. The van der Waals surface area contributed by atoms with Crippen molar-refractivity contribution in [3.8, 4) is 0 Å². The second kappa shape index (κ2) is 6.18. The predicted octanol–water partition coefficient (Wildman–Crippen LogP) is 3.60. The average molecular weight is 202 g/mol. The molecule has 0 saturated carbocycles. The molecule has 1 heteroatoms. The smallest absolute Gasteiger partial charge is 0.182 e. The van der Waals surface area contributed by atoms with Crippen LogP contribution >= 0.6 is 0 Å². The van der Waals surface area contributed by atoms with E-state index >= 15 is 0 Å². The quantitative estimate of drug-likeness (QED) is 0.503. The molecule has 0 aromatic rings. The summed E-state index contributed by atoms with van der Waals surface area (Å²) in [6.07, 6.45) is 15.8. The highest BCUT2D eigenvalue weighted by atomic mass is 16.1. The molecule has 0 fully saturated rings. The summed E-state index contributed by atoms with van der Waals surface area (Å²) in [7, 11) is 0. The molecule has 1 rings (SSSR count). The van der Waals surface area contributed by atoms with Crippen LogP contribution in [0.3, 0.4) is 0 Å². The van der Waals surface area contributed by atoms with Crippen molar-refractivity contribution in [3.63, 3.8) is 0 Å². The third kappa shape index (κ3) is 3.70. The Hall–Kier alpha value is -1.37. The highest BCUT2D eigenvalue weighted by Gasteiger charge is 2.17. The van der Waals surface area contributed by atoms with Crippen LogP contribution in [0.25, 0.3) is 0 Å². The largest absolute Gasteiger partial charge is 0.290 e. The molecule has 1 atom stereocenters. The lowest BCUT2D eigenvalue weighted by Gasteiger charge is -1.99. The summed E-state index contributed by atoms with van der Waals surface area (Å²) in [6.45, 7) is 4.16. The van der Waals surface area contributed by atoms with Crippen LogP contribution in [0.1, 0.15) is 26.7 Å². The zero-order chi connectivity index (χ0) is 11.1. The first-order valence-corrected chi connectivity index (χ1v) is 5.50. The molecule has 80 valence electrons. The van der Waals surface area contributed by atoms with Crippen molar-refractivity contribution in [3.05, 3.63) is 48.1 Å². The Kier molecular flexibility index (Phi) is 4.82. The molecule has 0 unspecified atom stereocenters. The molecule has 0 spiro atoms. The molecule has 1 nitrogen and oxygen atoms in total. The molecule has 0 bridgehead atoms. The van der Waals surface area contributed by atoms with E-state index in [4.69, 9.17) is 0 Å². The zero-order valence-corrected chi connectivity index (χ0v) is 9.44. The summed E-state index contributed by atoms with van der Waals surface area (Å²) in [6, 6.07) is 0. The van der Waals surface area contributed by atoms with Gasteiger partial charge in [-0.2, -0.15) is 0 Å². The maximum Gasteiger partial charge on any atom is 0.182 e. The van der Waals surface area contributed by atoms with Crippen LogP contribution in [0.2, 0.25) is 0 Å². The van der Waals surface area contributed by atoms with E-state index < -0.39 is 0 Å². The van der Waals surface area contributed by atoms with Gasteiger partial charge in [-0.05, 0) is 18.9 Å². The Morgan fingerprint density at radius 2 is 2.13 bits per heavy atom. The van der Waals surface area contributed by atoms with Gasteiger partial charge < -0.3 is 0 Å². The minimum Gasteiger partial charge on any atom is -0.290 e.